The van der Waals surface area contributed by atoms with Crippen molar-refractivity contribution in [3.05, 3.63) is 88.5 Å². The fourth-order valence-electron chi connectivity index (χ4n) is 3.67. The maximum atomic E-state index is 12.3. The number of hydrogen-bond donors (Lipinski definition) is 1. The molecule has 0 fully saturated rings. The van der Waals surface area contributed by atoms with E-state index in [9.17, 15) is 4.79 Å². The Bertz CT molecular complexity index is 1150. The van der Waals surface area contributed by atoms with Gasteiger partial charge >= 0.3 is 0 Å². The Balaban J connectivity index is 1.85. The summed E-state index contributed by atoms with van der Waals surface area (Å²) in [7, 11) is 1.66. The highest BCUT2D eigenvalue weighted by Gasteiger charge is 2.12. The first kappa shape index (κ1) is 24.1. The fourth-order valence-corrected chi connectivity index (χ4v) is 3.67. The van der Waals surface area contributed by atoms with Crippen molar-refractivity contribution in [1.29, 1.82) is 0 Å². The van der Waals surface area contributed by atoms with Crippen LogP contribution in [0.2, 0.25) is 0 Å². The molecule has 1 amide bonds. The van der Waals surface area contributed by atoms with E-state index in [1.165, 1.54) is 0 Å². The largest absolute Gasteiger partial charge is 0.493 e. The third kappa shape index (κ3) is 6.26. The van der Waals surface area contributed by atoms with Gasteiger partial charge in [0, 0.05) is 11.6 Å². The third-order valence-corrected chi connectivity index (χ3v) is 5.47. The topological polar surface area (TPSA) is 47.6 Å². The van der Waals surface area contributed by atoms with Gasteiger partial charge in [-0.2, -0.15) is 0 Å². The molecule has 0 bridgehead atoms. The lowest BCUT2D eigenvalue weighted by atomic mass is 9.94. The zero-order valence-corrected chi connectivity index (χ0v) is 20.4. The lowest BCUT2D eigenvalue weighted by molar-refractivity contribution is -0.117. The minimum atomic E-state index is -0.0399. The quantitative estimate of drug-likeness (QED) is 0.405. The van der Waals surface area contributed by atoms with Crippen molar-refractivity contribution < 1.29 is 14.3 Å². The van der Waals surface area contributed by atoms with E-state index in [1.54, 1.807) is 7.11 Å². The number of aryl methyl sites for hydroxylation is 2. The Morgan fingerprint density at radius 1 is 0.970 bits per heavy atom. The van der Waals surface area contributed by atoms with Crippen molar-refractivity contribution in [3.63, 3.8) is 0 Å². The van der Waals surface area contributed by atoms with Crippen molar-refractivity contribution in [3.8, 4) is 22.6 Å². The van der Waals surface area contributed by atoms with Crippen molar-refractivity contribution in [2.45, 2.75) is 47.3 Å². The van der Waals surface area contributed by atoms with Gasteiger partial charge in [-0.25, -0.2) is 0 Å². The molecule has 0 unspecified atom stereocenters. The number of ether oxygens (including phenoxy) is 2. The summed E-state index contributed by atoms with van der Waals surface area (Å²) in [6, 6.07) is 20.5. The van der Waals surface area contributed by atoms with E-state index in [-0.39, 0.29) is 11.9 Å². The van der Waals surface area contributed by atoms with Crippen molar-refractivity contribution in [2.24, 2.45) is 0 Å². The van der Waals surface area contributed by atoms with E-state index in [0.29, 0.717) is 23.7 Å². The number of methoxy groups -OCH3 is 1. The lowest BCUT2D eigenvalue weighted by Gasteiger charge is -2.15. The fraction of sp³-hybridized carbons (Fsp3) is 0.276. The van der Waals surface area contributed by atoms with E-state index in [2.05, 4.69) is 37.4 Å². The molecule has 172 valence electrons. The maximum absolute atomic E-state index is 12.3. The number of carbonyl (C=O) groups is 1. The van der Waals surface area contributed by atoms with Crippen LogP contribution in [0.25, 0.3) is 17.2 Å². The van der Waals surface area contributed by atoms with Crippen LogP contribution in [0.15, 0.2) is 66.2 Å². The van der Waals surface area contributed by atoms with Gasteiger partial charge < -0.3 is 14.8 Å². The van der Waals surface area contributed by atoms with E-state index in [0.717, 1.165) is 33.4 Å². The van der Waals surface area contributed by atoms with E-state index < -0.39 is 0 Å². The molecule has 0 radical (unpaired) electrons. The molecule has 3 aromatic rings. The first-order valence-corrected chi connectivity index (χ1v) is 11.2. The molecule has 4 heteroatoms. The van der Waals surface area contributed by atoms with Crippen LogP contribution in [-0.2, 0) is 11.4 Å². The van der Waals surface area contributed by atoms with E-state index in [4.69, 9.17) is 9.47 Å². The smallest absolute Gasteiger partial charge is 0.247 e. The molecule has 33 heavy (non-hydrogen) atoms. The van der Waals surface area contributed by atoms with Gasteiger partial charge in [-0.15, -0.1) is 0 Å². The number of carbonyl (C=O) groups excluding carboxylic acids is 1. The summed E-state index contributed by atoms with van der Waals surface area (Å²) in [5.41, 5.74) is 7.27. The van der Waals surface area contributed by atoms with Crippen LogP contribution in [0.4, 0.5) is 0 Å². The van der Waals surface area contributed by atoms with Gasteiger partial charge in [0.2, 0.25) is 5.91 Å². The van der Waals surface area contributed by atoms with Crippen LogP contribution >= 0.6 is 0 Å². The summed E-state index contributed by atoms with van der Waals surface area (Å²) < 4.78 is 11.6. The molecule has 0 atom stereocenters. The maximum Gasteiger partial charge on any atom is 0.247 e. The summed E-state index contributed by atoms with van der Waals surface area (Å²) in [6.07, 6.45) is 1.95. The van der Waals surface area contributed by atoms with Gasteiger partial charge in [-0.3, -0.25) is 4.79 Å². The Hall–Kier alpha value is -3.53. The van der Waals surface area contributed by atoms with Crippen LogP contribution in [0, 0.1) is 13.8 Å². The number of benzene rings is 3. The normalized spacial score (nSPS) is 11.4. The van der Waals surface area contributed by atoms with Crippen molar-refractivity contribution in [2.75, 3.05) is 7.11 Å². The minimum Gasteiger partial charge on any atom is -0.493 e. The highest BCUT2D eigenvalue weighted by molar-refractivity contribution is 5.97. The van der Waals surface area contributed by atoms with Gasteiger partial charge in [0.05, 0.1) is 7.11 Å². The molecule has 1 N–H and O–H groups in total. The Kier molecular flexibility index (Phi) is 7.94. The zero-order chi connectivity index (χ0) is 24.0. The molecule has 0 spiro atoms. The summed E-state index contributed by atoms with van der Waals surface area (Å²) in [4.78, 5) is 12.3. The van der Waals surface area contributed by atoms with Crippen LogP contribution < -0.4 is 14.8 Å². The van der Waals surface area contributed by atoms with Gasteiger partial charge in [-0.1, -0.05) is 48.5 Å². The molecular weight excluding hydrogens is 410 g/mol. The molecule has 0 saturated heterocycles. The predicted octanol–water partition coefficient (Wildman–Crippen LogP) is 6.49. The highest BCUT2D eigenvalue weighted by Crippen LogP contribution is 2.35. The van der Waals surface area contributed by atoms with E-state index in [1.807, 2.05) is 69.3 Å². The summed E-state index contributed by atoms with van der Waals surface area (Å²) in [6.45, 7) is 10.4. The van der Waals surface area contributed by atoms with Crippen LogP contribution in [0.5, 0.6) is 11.5 Å². The zero-order valence-electron chi connectivity index (χ0n) is 20.4. The van der Waals surface area contributed by atoms with Gasteiger partial charge in [0.25, 0.3) is 0 Å². The number of amides is 1. The minimum absolute atomic E-state index is 0.0399. The monoisotopic (exact) mass is 443 g/mol. The second kappa shape index (κ2) is 10.9. The molecule has 3 rings (SSSR count). The van der Waals surface area contributed by atoms with Crippen molar-refractivity contribution >= 4 is 12.0 Å². The second-order valence-electron chi connectivity index (χ2n) is 8.62. The molecule has 0 aliphatic rings. The first-order chi connectivity index (χ1) is 15.8. The third-order valence-electron chi connectivity index (χ3n) is 5.47. The molecule has 0 heterocycles. The van der Waals surface area contributed by atoms with Gasteiger partial charge in [0.1, 0.15) is 6.61 Å². The summed E-state index contributed by atoms with van der Waals surface area (Å²) in [5.74, 6) is 1.37. The molecular formula is C29H33NO3. The Labute approximate surface area is 197 Å². The standard InChI is InChI=1S/C29H33NO3/c1-19(2)30-29(31)22(5)15-25-14-21(4)26(16-20(25)3)24-12-13-27(28(17-24)32-6)33-18-23-10-8-7-9-11-23/h7-17,19H,18H2,1-6H3,(H,30,31). The van der Waals surface area contributed by atoms with Crippen LogP contribution in [0.1, 0.15) is 43.0 Å². The number of nitrogens with one attached hydrogen (secondary N) is 1. The predicted molar refractivity (Wildman–Crippen MR) is 136 cm³/mol. The second-order valence-corrected chi connectivity index (χ2v) is 8.62. The molecule has 0 aliphatic heterocycles. The van der Waals surface area contributed by atoms with Crippen molar-refractivity contribution in [1.82, 2.24) is 5.32 Å². The molecule has 0 saturated carbocycles. The SMILES string of the molecule is COc1cc(-c2cc(C)c(C=C(C)C(=O)NC(C)C)cc2C)ccc1OCc1ccccc1. The van der Waals surface area contributed by atoms with Gasteiger partial charge in [-0.05, 0) is 86.2 Å². The first-order valence-electron chi connectivity index (χ1n) is 11.2. The average molecular weight is 444 g/mol. The van der Waals surface area contributed by atoms with Gasteiger partial charge in [0.15, 0.2) is 11.5 Å². The summed E-state index contributed by atoms with van der Waals surface area (Å²) >= 11 is 0. The number of hydrogen-bond acceptors (Lipinski definition) is 3. The highest BCUT2D eigenvalue weighted by atomic mass is 16.5. The molecule has 3 aromatic carbocycles. The van der Waals surface area contributed by atoms with Crippen LogP contribution in [-0.4, -0.2) is 19.1 Å². The van der Waals surface area contributed by atoms with E-state index >= 15 is 0 Å². The molecule has 4 nitrogen and oxygen atoms in total. The average Bonchev–Trinajstić information content (AvgIpc) is 2.80. The molecule has 0 aliphatic carbocycles. The molecule has 0 aromatic heterocycles. The lowest BCUT2D eigenvalue weighted by Crippen LogP contribution is -2.30. The Morgan fingerprint density at radius 3 is 2.36 bits per heavy atom. The van der Waals surface area contributed by atoms with Crippen LogP contribution in [0.3, 0.4) is 0 Å². The summed E-state index contributed by atoms with van der Waals surface area (Å²) in [5, 5.41) is 2.94. The number of rotatable bonds is 8. The Morgan fingerprint density at radius 2 is 1.70 bits per heavy atom.